The molecule has 5 nitrogen and oxygen atoms in total. The first kappa shape index (κ1) is 11.0. The molecular weight excluding hydrogens is 186 g/mol. The Morgan fingerprint density at radius 3 is 2.64 bits per heavy atom. The second-order valence-electron chi connectivity index (χ2n) is 3.62. The van der Waals surface area contributed by atoms with Crippen LogP contribution in [-0.2, 0) is 14.3 Å². The molecule has 0 aliphatic carbocycles. The summed E-state index contributed by atoms with van der Waals surface area (Å²) < 4.78 is 5.03. The molecule has 1 saturated heterocycles. The molecule has 0 aromatic heterocycles. The number of nitrogens with zero attached hydrogens (tertiary/aromatic N) is 1. The van der Waals surface area contributed by atoms with Crippen molar-refractivity contribution in [2.24, 2.45) is 5.92 Å². The van der Waals surface area contributed by atoms with Gasteiger partial charge in [0.25, 0.3) is 0 Å². The monoisotopic (exact) mass is 201 g/mol. The molecule has 1 rings (SSSR count). The van der Waals surface area contributed by atoms with Crippen molar-refractivity contribution in [3.63, 3.8) is 0 Å². The number of amides is 1. The predicted molar refractivity (Wildman–Crippen MR) is 48.8 cm³/mol. The van der Waals surface area contributed by atoms with Crippen LogP contribution in [0.1, 0.15) is 13.8 Å². The van der Waals surface area contributed by atoms with E-state index in [0.29, 0.717) is 13.2 Å². The highest BCUT2D eigenvalue weighted by atomic mass is 16.5. The van der Waals surface area contributed by atoms with E-state index in [2.05, 4.69) is 0 Å². The lowest BCUT2D eigenvalue weighted by molar-refractivity contribution is -0.159. The molecular formula is C9H15NO4. The third-order valence-electron chi connectivity index (χ3n) is 2.19. The van der Waals surface area contributed by atoms with Gasteiger partial charge in [0.05, 0.1) is 13.2 Å². The molecule has 1 heterocycles. The maximum absolute atomic E-state index is 11.6. The van der Waals surface area contributed by atoms with Crippen LogP contribution in [0.3, 0.4) is 0 Å². The first-order valence-corrected chi connectivity index (χ1v) is 4.65. The van der Waals surface area contributed by atoms with Crippen LogP contribution < -0.4 is 0 Å². The van der Waals surface area contributed by atoms with Crippen molar-refractivity contribution in [1.82, 2.24) is 4.90 Å². The lowest BCUT2D eigenvalue weighted by Crippen LogP contribution is -2.53. The number of aliphatic carboxylic acids is 1. The van der Waals surface area contributed by atoms with Crippen molar-refractivity contribution in [3.05, 3.63) is 0 Å². The number of ether oxygens (including phenoxy) is 1. The minimum atomic E-state index is -1.00. The van der Waals surface area contributed by atoms with Crippen molar-refractivity contribution in [2.75, 3.05) is 19.8 Å². The van der Waals surface area contributed by atoms with E-state index in [0.717, 1.165) is 0 Å². The van der Waals surface area contributed by atoms with Crippen molar-refractivity contribution in [2.45, 2.75) is 19.9 Å². The third-order valence-corrected chi connectivity index (χ3v) is 2.19. The summed E-state index contributed by atoms with van der Waals surface area (Å²) in [6.45, 7) is 4.40. The zero-order valence-electron chi connectivity index (χ0n) is 8.40. The van der Waals surface area contributed by atoms with Crippen LogP contribution in [0.5, 0.6) is 0 Å². The fraction of sp³-hybridized carbons (Fsp3) is 0.778. The van der Waals surface area contributed by atoms with Gasteiger partial charge in [-0.1, -0.05) is 13.8 Å². The van der Waals surface area contributed by atoms with Crippen molar-refractivity contribution in [3.8, 4) is 0 Å². The van der Waals surface area contributed by atoms with E-state index in [1.165, 1.54) is 4.90 Å². The second kappa shape index (κ2) is 4.41. The lowest BCUT2D eigenvalue weighted by Gasteiger charge is -2.33. The van der Waals surface area contributed by atoms with Gasteiger partial charge in [0.15, 0.2) is 6.04 Å². The van der Waals surface area contributed by atoms with E-state index in [-0.39, 0.29) is 18.4 Å². The van der Waals surface area contributed by atoms with Crippen LogP contribution in [0.2, 0.25) is 0 Å². The maximum atomic E-state index is 11.6. The van der Waals surface area contributed by atoms with E-state index in [1.807, 2.05) is 0 Å². The quantitative estimate of drug-likeness (QED) is 0.680. The Balaban J connectivity index is 2.72. The summed E-state index contributed by atoms with van der Waals surface area (Å²) in [5, 5.41) is 8.87. The Hall–Kier alpha value is -1.10. The van der Waals surface area contributed by atoms with Crippen LogP contribution in [0.15, 0.2) is 0 Å². The first-order chi connectivity index (χ1) is 6.54. The molecule has 1 N–H and O–H groups in total. The summed E-state index contributed by atoms with van der Waals surface area (Å²) in [7, 11) is 0. The Bertz CT molecular complexity index is 239. The molecule has 0 bridgehead atoms. The van der Waals surface area contributed by atoms with E-state index in [1.54, 1.807) is 13.8 Å². The molecule has 14 heavy (non-hydrogen) atoms. The summed E-state index contributed by atoms with van der Waals surface area (Å²) in [6.07, 6.45) is 0. The Morgan fingerprint density at radius 1 is 1.50 bits per heavy atom. The van der Waals surface area contributed by atoms with Gasteiger partial charge < -0.3 is 14.7 Å². The lowest BCUT2D eigenvalue weighted by atomic mass is 10.1. The summed E-state index contributed by atoms with van der Waals surface area (Å²) in [4.78, 5) is 23.8. The highest BCUT2D eigenvalue weighted by molar-refractivity contribution is 5.85. The summed E-state index contributed by atoms with van der Waals surface area (Å²) in [6, 6.07) is -0.821. The number of hydrogen-bond acceptors (Lipinski definition) is 3. The van der Waals surface area contributed by atoms with Crippen LogP contribution in [0.25, 0.3) is 0 Å². The van der Waals surface area contributed by atoms with Gasteiger partial charge in [-0.15, -0.1) is 0 Å². The third kappa shape index (κ3) is 2.23. The van der Waals surface area contributed by atoms with Gasteiger partial charge in [0.2, 0.25) is 5.91 Å². The molecule has 5 heteroatoms. The fourth-order valence-corrected chi connectivity index (χ4v) is 1.40. The highest BCUT2D eigenvalue weighted by Gasteiger charge is 2.33. The molecule has 0 saturated carbocycles. The number of carbonyl (C=O) groups is 2. The van der Waals surface area contributed by atoms with Gasteiger partial charge >= 0.3 is 5.97 Å². The van der Waals surface area contributed by atoms with Crippen LogP contribution in [0.4, 0.5) is 0 Å². The molecule has 0 spiro atoms. The van der Waals surface area contributed by atoms with Gasteiger partial charge in [0.1, 0.15) is 0 Å². The van der Waals surface area contributed by atoms with Gasteiger partial charge in [-0.25, -0.2) is 4.79 Å². The number of hydrogen-bond donors (Lipinski definition) is 1. The van der Waals surface area contributed by atoms with Gasteiger partial charge in [-0.05, 0) is 0 Å². The minimum absolute atomic E-state index is 0.0911. The van der Waals surface area contributed by atoms with Gasteiger partial charge in [0, 0.05) is 12.5 Å². The molecule has 1 aliphatic rings. The predicted octanol–water partition coefficient (Wildman–Crippen LogP) is -0.0456. The van der Waals surface area contributed by atoms with Gasteiger partial charge in [-0.2, -0.15) is 0 Å². The first-order valence-electron chi connectivity index (χ1n) is 4.65. The van der Waals surface area contributed by atoms with E-state index in [9.17, 15) is 9.59 Å². The molecule has 1 aliphatic heterocycles. The Morgan fingerprint density at radius 2 is 2.14 bits per heavy atom. The van der Waals surface area contributed by atoms with Crippen molar-refractivity contribution in [1.29, 1.82) is 0 Å². The van der Waals surface area contributed by atoms with E-state index < -0.39 is 12.0 Å². The summed E-state index contributed by atoms with van der Waals surface area (Å²) in [5.41, 5.74) is 0. The molecule has 0 aromatic carbocycles. The number of morpholine rings is 1. The number of carbonyl (C=O) groups excluding carboxylic acids is 1. The molecule has 0 aromatic rings. The molecule has 1 atom stereocenters. The average molecular weight is 201 g/mol. The Kier molecular flexibility index (Phi) is 3.46. The summed E-state index contributed by atoms with van der Waals surface area (Å²) >= 11 is 0. The summed E-state index contributed by atoms with van der Waals surface area (Å²) in [5.74, 6) is -1.30. The SMILES string of the molecule is CC(C)C(=O)N1CCOCC1C(=O)O. The standard InChI is InChI=1S/C9H15NO4/c1-6(2)8(11)10-3-4-14-5-7(10)9(12)13/h6-7H,3-5H2,1-2H3,(H,12,13). The second-order valence-corrected chi connectivity index (χ2v) is 3.62. The van der Waals surface area contributed by atoms with E-state index >= 15 is 0 Å². The zero-order chi connectivity index (χ0) is 10.7. The maximum Gasteiger partial charge on any atom is 0.328 e. The van der Waals surface area contributed by atoms with Crippen LogP contribution in [0, 0.1) is 5.92 Å². The largest absolute Gasteiger partial charge is 0.480 e. The Labute approximate surface area is 82.6 Å². The van der Waals surface area contributed by atoms with Crippen molar-refractivity contribution >= 4 is 11.9 Å². The van der Waals surface area contributed by atoms with Gasteiger partial charge in [-0.3, -0.25) is 4.79 Å². The number of carboxylic acid groups (broad SMARTS) is 1. The average Bonchev–Trinajstić information content (AvgIpc) is 2.16. The smallest absolute Gasteiger partial charge is 0.328 e. The van der Waals surface area contributed by atoms with E-state index in [4.69, 9.17) is 9.84 Å². The molecule has 0 radical (unpaired) electrons. The zero-order valence-corrected chi connectivity index (χ0v) is 8.40. The molecule has 1 fully saturated rings. The fourth-order valence-electron chi connectivity index (χ4n) is 1.40. The molecule has 1 unspecified atom stereocenters. The van der Waals surface area contributed by atoms with Crippen LogP contribution >= 0.6 is 0 Å². The molecule has 1 amide bonds. The topological polar surface area (TPSA) is 66.8 Å². The highest BCUT2D eigenvalue weighted by Crippen LogP contribution is 2.11. The molecule has 80 valence electrons. The number of carboxylic acids is 1. The van der Waals surface area contributed by atoms with Crippen molar-refractivity contribution < 1.29 is 19.4 Å². The normalized spacial score (nSPS) is 22.5. The minimum Gasteiger partial charge on any atom is -0.480 e. The van der Waals surface area contributed by atoms with Crippen LogP contribution in [-0.4, -0.2) is 47.7 Å². The number of rotatable bonds is 2.